The summed E-state index contributed by atoms with van der Waals surface area (Å²) in [5.74, 6) is -0.393. The highest BCUT2D eigenvalue weighted by Gasteiger charge is 2.13. The number of hydrogen-bond acceptors (Lipinski definition) is 7. The second-order valence-electron chi connectivity index (χ2n) is 6.98. The standard InChI is InChI=1S/C25H22BrN3O6/c1-33-21-10-8-17(13-22(21)34-2)24(31)27-15-23(30)29-28-14-18-12-19(26)9-11-20(18)35-25(32)16-6-4-3-5-7-16/h3-14H,15H2,1-2H3,(H,27,31)(H,29,30). The largest absolute Gasteiger partial charge is 0.493 e. The van der Waals surface area contributed by atoms with Crippen LogP contribution in [-0.2, 0) is 4.79 Å². The first-order chi connectivity index (χ1) is 16.9. The number of carbonyl (C=O) groups is 3. The van der Waals surface area contributed by atoms with E-state index in [2.05, 4.69) is 31.8 Å². The second kappa shape index (κ2) is 12.3. The minimum atomic E-state index is -0.548. The van der Waals surface area contributed by atoms with Gasteiger partial charge in [0.1, 0.15) is 5.75 Å². The van der Waals surface area contributed by atoms with Crippen LogP contribution in [0.1, 0.15) is 26.3 Å². The predicted molar refractivity (Wildman–Crippen MR) is 133 cm³/mol. The zero-order chi connectivity index (χ0) is 25.2. The van der Waals surface area contributed by atoms with E-state index in [-0.39, 0.29) is 12.3 Å². The van der Waals surface area contributed by atoms with Crippen molar-refractivity contribution in [1.29, 1.82) is 0 Å². The first-order valence-electron chi connectivity index (χ1n) is 10.3. The molecule has 0 radical (unpaired) electrons. The smallest absolute Gasteiger partial charge is 0.343 e. The second-order valence-corrected chi connectivity index (χ2v) is 7.90. The number of hydrazone groups is 1. The van der Waals surface area contributed by atoms with Crippen LogP contribution in [0, 0.1) is 0 Å². The fraction of sp³-hybridized carbons (Fsp3) is 0.120. The molecule has 0 aromatic heterocycles. The van der Waals surface area contributed by atoms with Gasteiger partial charge in [-0.05, 0) is 48.5 Å². The van der Waals surface area contributed by atoms with E-state index < -0.39 is 17.8 Å². The highest BCUT2D eigenvalue weighted by Crippen LogP contribution is 2.27. The van der Waals surface area contributed by atoms with Crippen molar-refractivity contribution in [3.8, 4) is 17.2 Å². The molecule has 0 heterocycles. The molecule has 2 N–H and O–H groups in total. The molecule has 0 aliphatic rings. The summed E-state index contributed by atoms with van der Waals surface area (Å²) in [6, 6.07) is 18.2. The maximum atomic E-state index is 12.4. The fourth-order valence-electron chi connectivity index (χ4n) is 2.90. The van der Waals surface area contributed by atoms with Crippen molar-refractivity contribution in [2.24, 2.45) is 5.10 Å². The molecule has 3 aromatic carbocycles. The van der Waals surface area contributed by atoms with Gasteiger partial charge < -0.3 is 19.5 Å². The van der Waals surface area contributed by atoms with E-state index in [1.807, 2.05) is 0 Å². The van der Waals surface area contributed by atoms with Gasteiger partial charge in [0, 0.05) is 15.6 Å². The van der Waals surface area contributed by atoms with Gasteiger partial charge in [-0.3, -0.25) is 9.59 Å². The highest BCUT2D eigenvalue weighted by atomic mass is 79.9. The summed E-state index contributed by atoms with van der Waals surface area (Å²) in [7, 11) is 2.96. The maximum Gasteiger partial charge on any atom is 0.343 e. The number of amides is 2. The number of hydrogen-bond donors (Lipinski definition) is 2. The molecular formula is C25H22BrN3O6. The number of esters is 1. The Kier molecular flexibility index (Phi) is 8.96. The Morgan fingerprint density at radius 3 is 2.31 bits per heavy atom. The molecule has 0 saturated heterocycles. The van der Waals surface area contributed by atoms with Gasteiger partial charge >= 0.3 is 5.97 Å². The summed E-state index contributed by atoms with van der Waals surface area (Å²) in [5, 5.41) is 6.40. The Bertz CT molecular complexity index is 1250. The molecule has 35 heavy (non-hydrogen) atoms. The van der Waals surface area contributed by atoms with Crippen molar-refractivity contribution in [1.82, 2.24) is 10.7 Å². The van der Waals surface area contributed by atoms with E-state index in [0.29, 0.717) is 28.2 Å². The predicted octanol–water partition coefficient (Wildman–Crippen LogP) is 3.57. The van der Waals surface area contributed by atoms with Crippen molar-refractivity contribution < 1.29 is 28.6 Å². The summed E-state index contributed by atoms with van der Waals surface area (Å²) in [6.07, 6.45) is 1.34. The van der Waals surface area contributed by atoms with Crippen LogP contribution in [0.2, 0.25) is 0 Å². The molecule has 0 bridgehead atoms. The van der Waals surface area contributed by atoms with E-state index >= 15 is 0 Å². The Labute approximate surface area is 210 Å². The van der Waals surface area contributed by atoms with Gasteiger partial charge in [0.2, 0.25) is 0 Å². The average Bonchev–Trinajstić information content (AvgIpc) is 2.88. The van der Waals surface area contributed by atoms with Gasteiger partial charge in [-0.15, -0.1) is 0 Å². The molecule has 3 rings (SSSR count). The quantitative estimate of drug-likeness (QED) is 0.186. The highest BCUT2D eigenvalue weighted by molar-refractivity contribution is 9.10. The van der Waals surface area contributed by atoms with Crippen LogP contribution in [0.15, 0.2) is 76.3 Å². The lowest BCUT2D eigenvalue weighted by Gasteiger charge is -2.10. The SMILES string of the molecule is COc1ccc(C(=O)NCC(=O)NN=Cc2cc(Br)ccc2OC(=O)c2ccccc2)cc1OC. The third-order valence-electron chi connectivity index (χ3n) is 4.63. The van der Waals surface area contributed by atoms with Crippen LogP contribution >= 0.6 is 15.9 Å². The zero-order valence-electron chi connectivity index (χ0n) is 18.9. The lowest BCUT2D eigenvalue weighted by Crippen LogP contribution is -2.34. The molecule has 0 spiro atoms. The lowest BCUT2D eigenvalue weighted by molar-refractivity contribution is -0.120. The number of ether oxygens (including phenoxy) is 3. The van der Waals surface area contributed by atoms with Gasteiger partial charge in [-0.1, -0.05) is 34.1 Å². The van der Waals surface area contributed by atoms with Crippen LogP contribution in [0.25, 0.3) is 0 Å². The Balaban J connectivity index is 1.58. The third kappa shape index (κ3) is 7.15. The molecule has 0 unspecified atom stereocenters. The summed E-state index contributed by atoms with van der Waals surface area (Å²) >= 11 is 3.36. The van der Waals surface area contributed by atoms with Crippen molar-refractivity contribution in [2.75, 3.05) is 20.8 Å². The summed E-state index contributed by atoms with van der Waals surface area (Å²) in [4.78, 5) is 36.8. The number of benzene rings is 3. The van der Waals surface area contributed by atoms with Crippen LogP contribution in [0.4, 0.5) is 0 Å². The Hall–Kier alpha value is -4.18. The van der Waals surface area contributed by atoms with Crippen molar-refractivity contribution in [3.63, 3.8) is 0 Å². The molecular weight excluding hydrogens is 518 g/mol. The van der Waals surface area contributed by atoms with Gasteiger partial charge in [0.15, 0.2) is 11.5 Å². The van der Waals surface area contributed by atoms with E-state index in [1.165, 1.54) is 26.5 Å². The first-order valence-corrected chi connectivity index (χ1v) is 11.1. The average molecular weight is 540 g/mol. The lowest BCUT2D eigenvalue weighted by atomic mass is 10.2. The number of rotatable bonds is 9. The topological polar surface area (TPSA) is 115 Å². The van der Waals surface area contributed by atoms with E-state index in [0.717, 1.165) is 4.47 Å². The summed E-state index contributed by atoms with van der Waals surface area (Å²) in [6.45, 7) is -0.307. The van der Waals surface area contributed by atoms with Crippen molar-refractivity contribution in [2.45, 2.75) is 0 Å². The number of nitrogens with zero attached hydrogens (tertiary/aromatic N) is 1. The molecule has 2 amide bonds. The van der Waals surface area contributed by atoms with E-state index in [1.54, 1.807) is 60.7 Å². The van der Waals surface area contributed by atoms with Crippen LogP contribution in [-0.4, -0.2) is 44.8 Å². The molecule has 0 fully saturated rings. The number of methoxy groups -OCH3 is 2. The number of halogens is 1. The minimum Gasteiger partial charge on any atom is -0.493 e. The third-order valence-corrected chi connectivity index (χ3v) is 5.13. The fourth-order valence-corrected chi connectivity index (χ4v) is 3.28. The van der Waals surface area contributed by atoms with Crippen LogP contribution < -0.4 is 25.0 Å². The summed E-state index contributed by atoms with van der Waals surface area (Å²) < 4.78 is 16.5. The van der Waals surface area contributed by atoms with Crippen LogP contribution in [0.5, 0.6) is 17.2 Å². The van der Waals surface area contributed by atoms with Gasteiger partial charge in [-0.2, -0.15) is 5.10 Å². The normalized spacial score (nSPS) is 10.5. The van der Waals surface area contributed by atoms with Gasteiger partial charge in [-0.25, -0.2) is 10.2 Å². The molecule has 9 nitrogen and oxygen atoms in total. The summed E-state index contributed by atoms with van der Waals surface area (Å²) in [5.41, 5.74) is 3.49. The van der Waals surface area contributed by atoms with E-state index in [4.69, 9.17) is 14.2 Å². The monoisotopic (exact) mass is 539 g/mol. The Morgan fingerprint density at radius 2 is 1.60 bits per heavy atom. The molecule has 0 aliphatic carbocycles. The Morgan fingerprint density at radius 1 is 0.886 bits per heavy atom. The van der Waals surface area contributed by atoms with E-state index in [9.17, 15) is 14.4 Å². The molecule has 180 valence electrons. The zero-order valence-corrected chi connectivity index (χ0v) is 20.5. The minimum absolute atomic E-state index is 0.266. The maximum absolute atomic E-state index is 12.4. The van der Waals surface area contributed by atoms with Gasteiger partial charge in [0.25, 0.3) is 11.8 Å². The van der Waals surface area contributed by atoms with Crippen LogP contribution in [0.3, 0.4) is 0 Å². The molecule has 3 aromatic rings. The van der Waals surface area contributed by atoms with Crippen molar-refractivity contribution >= 4 is 39.9 Å². The first kappa shape index (κ1) is 25.4. The molecule has 10 heteroatoms. The van der Waals surface area contributed by atoms with Crippen molar-refractivity contribution in [3.05, 3.63) is 87.9 Å². The molecule has 0 saturated carbocycles. The molecule has 0 aliphatic heterocycles. The number of carbonyl (C=O) groups excluding carboxylic acids is 3. The number of nitrogens with one attached hydrogen (secondary N) is 2. The molecule has 0 atom stereocenters. The van der Waals surface area contributed by atoms with Gasteiger partial charge in [0.05, 0.1) is 32.5 Å².